The second-order valence-electron chi connectivity index (χ2n) is 5.77. The molecule has 2 aromatic carbocycles. The third-order valence-corrected chi connectivity index (χ3v) is 4.88. The average Bonchev–Trinajstić information content (AvgIpc) is 2.62. The molecule has 0 aliphatic heterocycles. The number of pyridine rings is 1. The zero-order valence-corrected chi connectivity index (χ0v) is 14.8. The third kappa shape index (κ3) is 3.67. The molecule has 0 bridgehead atoms. The lowest BCUT2D eigenvalue weighted by atomic mass is 10.1. The maximum Gasteiger partial charge on any atom is 0.237 e. The van der Waals surface area contributed by atoms with Gasteiger partial charge in [0.2, 0.25) is 5.91 Å². The number of hydrogen-bond acceptors (Lipinski definition) is 3. The molecule has 0 saturated heterocycles. The van der Waals surface area contributed by atoms with Gasteiger partial charge in [-0.15, -0.1) is 0 Å². The van der Waals surface area contributed by atoms with Gasteiger partial charge in [-0.3, -0.25) is 4.79 Å². The average molecular weight is 376 g/mol. The fourth-order valence-electron chi connectivity index (χ4n) is 2.47. The Morgan fingerprint density at radius 2 is 1.85 bits per heavy atom. The lowest BCUT2D eigenvalue weighted by Gasteiger charge is -2.13. The minimum atomic E-state index is -1.62. The van der Waals surface area contributed by atoms with Crippen molar-refractivity contribution < 1.29 is 18.0 Å². The van der Waals surface area contributed by atoms with Crippen LogP contribution in [0.15, 0.2) is 47.5 Å². The zero-order chi connectivity index (χ0) is 18.8. The first-order chi connectivity index (χ1) is 12.4. The SMILES string of the molecule is Cc1cc(S[C@@H](C)C(=O)Nc2ccc(F)c(F)c2F)nc2ccccc12. The molecular weight excluding hydrogens is 361 g/mol. The first-order valence-corrected chi connectivity index (χ1v) is 8.72. The fraction of sp³-hybridized carbons (Fsp3) is 0.158. The number of carbonyl (C=O) groups is 1. The Morgan fingerprint density at radius 1 is 1.12 bits per heavy atom. The Bertz CT molecular complexity index is 994. The lowest BCUT2D eigenvalue weighted by molar-refractivity contribution is -0.115. The Labute approximate surface area is 152 Å². The van der Waals surface area contributed by atoms with Crippen LogP contribution >= 0.6 is 11.8 Å². The number of amides is 1. The topological polar surface area (TPSA) is 42.0 Å². The van der Waals surface area contributed by atoms with E-state index < -0.39 is 34.3 Å². The van der Waals surface area contributed by atoms with Crippen molar-refractivity contribution in [3.05, 3.63) is 65.5 Å². The van der Waals surface area contributed by atoms with Crippen LogP contribution in [0.1, 0.15) is 12.5 Å². The van der Waals surface area contributed by atoms with Crippen LogP contribution in [0.2, 0.25) is 0 Å². The number of thioether (sulfide) groups is 1. The number of benzene rings is 2. The summed E-state index contributed by atoms with van der Waals surface area (Å²) in [5.41, 5.74) is 1.44. The van der Waals surface area contributed by atoms with E-state index in [-0.39, 0.29) is 0 Å². The second-order valence-corrected chi connectivity index (χ2v) is 7.13. The minimum Gasteiger partial charge on any atom is -0.323 e. The van der Waals surface area contributed by atoms with Crippen molar-refractivity contribution >= 4 is 34.3 Å². The number of anilines is 1. The van der Waals surface area contributed by atoms with E-state index in [9.17, 15) is 18.0 Å². The summed E-state index contributed by atoms with van der Waals surface area (Å²) >= 11 is 1.20. The van der Waals surface area contributed by atoms with Crippen LogP contribution in [-0.4, -0.2) is 16.1 Å². The summed E-state index contributed by atoms with van der Waals surface area (Å²) in [5.74, 6) is -4.88. The summed E-state index contributed by atoms with van der Waals surface area (Å²) in [4.78, 5) is 16.8. The van der Waals surface area contributed by atoms with E-state index in [4.69, 9.17) is 0 Å². The van der Waals surface area contributed by atoms with Crippen molar-refractivity contribution in [2.24, 2.45) is 0 Å². The summed E-state index contributed by atoms with van der Waals surface area (Å²) in [7, 11) is 0. The highest BCUT2D eigenvalue weighted by atomic mass is 32.2. The number of halogens is 3. The molecule has 1 heterocycles. The van der Waals surface area contributed by atoms with E-state index in [1.54, 1.807) is 6.92 Å². The number of fused-ring (bicyclic) bond motifs is 1. The number of aryl methyl sites for hydroxylation is 1. The van der Waals surface area contributed by atoms with Crippen molar-refractivity contribution in [1.29, 1.82) is 0 Å². The fourth-order valence-corrected chi connectivity index (χ4v) is 3.39. The van der Waals surface area contributed by atoms with Gasteiger partial charge in [0.1, 0.15) is 0 Å². The largest absolute Gasteiger partial charge is 0.323 e. The maximum atomic E-state index is 13.7. The van der Waals surface area contributed by atoms with Crippen LogP contribution in [0.4, 0.5) is 18.9 Å². The van der Waals surface area contributed by atoms with Crippen LogP contribution in [0, 0.1) is 24.4 Å². The molecule has 1 atom stereocenters. The normalized spacial score (nSPS) is 12.2. The standard InChI is InChI=1S/C19H15F3N2OS/c1-10-9-16(23-14-6-4-3-5-12(10)14)26-11(2)19(25)24-15-8-7-13(20)17(21)18(15)22/h3-9,11H,1-2H3,(H,24,25)/t11-/m0/s1. The van der Waals surface area contributed by atoms with Gasteiger partial charge in [0, 0.05) is 5.39 Å². The number of aromatic nitrogens is 1. The highest BCUT2D eigenvalue weighted by molar-refractivity contribution is 8.00. The van der Waals surface area contributed by atoms with E-state index in [2.05, 4.69) is 10.3 Å². The lowest BCUT2D eigenvalue weighted by Crippen LogP contribution is -2.23. The third-order valence-electron chi connectivity index (χ3n) is 3.86. The summed E-state index contributed by atoms with van der Waals surface area (Å²) < 4.78 is 39.9. The van der Waals surface area contributed by atoms with Gasteiger partial charge in [-0.1, -0.05) is 30.0 Å². The Morgan fingerprint density at radius 3 is 2.62 bits per heavy atom. The molecule has 1 aromatic heterocycles. The summed E-state index contributed by atoms with van der Waals surface area (Å²) in [5, 5.41) is 3.34. The van der Waals surface area contributed by atoms with E-state index in [1.165, 1.54) is 11.8 Å². The first-order valence-electron chi connectivity index (χ1n) is 7.84. The molecule has 0 saturated carbocycles. The van der Waals surface area contributed by atoms with Crippen molar-refractivity contribution in [1.82, 2.24) is 4.98 Å². The molecule has 0 unspecified atom stereocenters. The van der Waals surface area contributed by atoms with Crippen LogP contribution in [-0.2, 0) is 4.79 Å². The van der Waals surface area contributed by atoms with E-state index in [0.717, 1.165) is 28.6 Å². The van der Waals surface area contributed by atoms with E-state index in [0.29, 0.717) is 5.03 Å². The maximum absolute atomic E-state index is 13.7. The molecule has 3 rings (SSSR count). The number of para-hydroxylation sites is 1. The number of hydrogen-bond donors (Lipinski definition) is 1. The molecule has 3 aromatic rings. The van der Waals surface area contributed by atoms with Gasteiger partial charge in [0.05, 0.1) is 21.5 Å². The van der Waals surface area contributed by atoms with Crippen molar-refractivity contribution in [3.8, 4) is 0 Å². The quantitative estimate of drug-likeness (QED) is 0.510. The van der Waals surface area contributed by atoms with Gasteiger partial charge >= 0.3 is 0 Å². The molecule has 0 fully saturated rings. The zero-order valence-electron chi connectivity index (χ0n) is 14.0. The molecule has 134 valence electrons. The monoisotopic (exact) mass is 376 g/mol. The predicted octanol–water partition coefficient (Wildman–Crippen LogP) is 5.08. The number of carbonyl (C=O) groups excluding carboxylic acids is 1. The van der Waals surface area contributed by atoms with Crippen LogP contribution in [0.5, 0.6) is 0 Å². The number of nitrogens with one attached hydrogen (secondary N) is 1. The Hall–Kier alpha value is -2.54. The molecule has 7 heteroatoms. The molecule has 0 radical (unpaired) electrons. The van der Waals surface area contributed by atoms with E-state index in [1.807, 2.05) is 37.3 Å². The van der Waals surface area contributed by atoms with Crippen molar-refractivity contribution in [3.63, 3.8) is 0 Å². The summed E-state index contributed by atoms with van der Waals surface area (Å²) in [6.45, 7) is 3.58. The van der Waals surface area contributed by atoms with Crippen molar-refractivity contribution in [2.75, 3.05) is 5.32 Å². The summed E-state index contributed by atoms with van der Waals surface area (Å²) in [6, 6.07) is 11.3. The highest BCUT2D eigenvalue weighted by Crippen LogP contribution is 2.28. The Kier molecular flexibility index (Phi) is 5.18. The van der Waals surface area contributed by atoms with Crippen LogP contribution in [0.3, 0.4) is 0 Å². The summed E-state index contributed by atoms with van der Waals surface area (Å²) in [6.07, 6.45) is 0. The van der Waals surface area contributed by atoms with Crippen molar-refractivity contribution in [2.45, 2.75) is 24.1 Å². The molecule has 0 spiro atoms. The first kappa shape index (κ1) is 18.3. The minimum absolute atomic E-state index is 0.399. The molecule has 1 amide bonds. The molecule has 1 N–H and O–H groups in total. The molecule has 0 aliphatic rings. The number of rotatable bonds is 4. The smallest absolute Gasteiger partial charge is 0.237 e. The highest BCUT2D eigenvalue weighted by Gasteiger charge is 2.20. The molecular formula is C19H15F3N2OS. The van der Waals surface area contributed by atoms with Gasteiger partial charge in [-0.25, -0.2) is 18.2 Å². The van der Waals surface area contributed by atoms with Gasteiger partial charge in [0.25, 0.3) is 0 Å². The Balaban J connectivity index is 1.77. The van der Waals surface area contributed by atoms with E-state index >= 15 is 0 Å². The number of nitrogens with zero attached hydrogens (tertiary/aromatic N) is 1. The molecule has 3 nitrogen and oxygen atoms in total. The second kappa shape index (κ2) is 7.37. The van der Waals surface area contributed by atoms with Gasteiger partial charge in [-0.2, -0.15) is 0 Å². The van der Waals surface area contributed by atoms with Gasteiger partial charge in [-0.05, 0) is 43.7 Å². The molecule has 0 aliphatic carbocycles. The van der Waals surface area contributed by atoms with Gasteiger partial charge < -0.3 is 5.32 Å². The molecule has 26 heavy (non-hydrogen) atoms. The van der Waals surface area contributed by atoms with Crippen LogP contribution in [0.25, 0.3) is 10.9 Å². The van der Waals surface area contributed by atoms with Gasteiger partial charge in [0.15, 0.2) is 17.5 Å². The predicted molar refractivity (Wildman–Crippen MR) is 96.7 cm³/mol. The van der Waals surface area contributed by atoms with Crippen LogP contribution < -0.4 is 5.32 Å².